The normalized spacial score (nSPS) is 30.6. The number of nitrogens with one attached hydrogen (secondary N) is 2. The summed E-state index contributed by atoms with van der Waals surface area (Å²) in [5.74, 6) is 0.148. The maximum absolute atomic E-state index is 12.9. The molecule has 0 aliphatic carbocycles. The first-order valence-corrected chi connectivity index (χ1v) is 4.01. The molecule has 0 unspecified atom stereocenters. The summed E-state index contributed by atoms with van der Waals surface area (Å²) >= 11 is 0. The molecular formula is C8H15FN2. The van der Waals surface area contributed by atoms with Gasteiger partial charge in [-0.25, -0.2) is 4.39 Å². The molecule has 2 atom stereocenters. The van der Waals surface area contributed by atoms with Crippen molar-refractivity contribution in [3.8, 4) is 0 Å². The Kier molecular flexibility index (Phi) is 3.52. The van der Waals surface area contributed by atoms with Crippen LogP contribution in [0.2, 0.25) is 0 Å². The van der Waals surface area contributed by atoms with E-state index < -0.39 is 6.17 Å². The van der Waals surface area contributed by atoms with E-state index in [1.165, 1.54) is 0 Å². The Bertz CT molecular complexity index is 127. The molecule has 0 aromatic carbocycles. The zero-order valence-electron chi connectivity index (χ0n) is 6.65. The van der Waals surface area contributed by atoms with Gasteiger partial charge >= 0.3 is 0 Å². The van der Waals surface area contributed by atoms with Gasteiger partial charge in [-0.05, 0) is 0 Å². The second-order valence-corrected chi connectivity index (χ2v) is 2.88. The van der Waals surface area contributed by atoms with E-state index in [0.29, 0.717) is 6.54 Å². The summed E-state index contributed by atoms with van der Waals surface area (Å²) in [6, 6.07) is 0. The minimum Gasteiger partial charge on any atom is -0.313 e. The zero-order chi connectivity index (χ0) is 8.10. The van der Waals surface area contributed by atoms with Gasteiger partial charge in [0.2, 0.25) is 0 Å². The standard InChI is InChI=1S/C8H15FN2/c1-2-3-10-4-7-5-11-6-8(7)9/h2,7-8,10-11H,1,3-6H2/t7-,8-/m0/s1. The number of hydrogen-bond acceptors (Lipinski definition) is 2. The van der Waals surface area contributed by atoms with Crippen LogP contribution in [0.5, 0.6) is 0 Å². The molecule has 1 rings (SSSR count). The van der Waals surface area contributed by atoms with Gasteiger partial charge in [-0.15, -0.1) is 6.58 Å². The third kappa shape index (κ3) is 2.60. The summed E-state index contributed by atoms with van der Waals surface area (Å²) in [5, 5.41) is 6.12. The van der Waals surface area contributed by atoms with Crippen LogP contribution in [0.25, 0.3) is 0 Å². The van der Waals surface area contributed by atoms with Gasteiger partial charge in [0.15, 0.2) is 0 Å². The highest BCUT2D eigenvalue weighted by atomic mass is 19.1. The van der Waals surface area contributed by atoms with Crippen LogP contribution < -0.4 is 10.6 Å². The maximum Gasteiger partial charge on any atom is 0.118 e. The molecule has 1 aliphatic heterocycles. The lowest BCUT2D eigenvalue weighted by atomic mass is 10.1. The van der Waals surface area contributed by atoms with Crippen LogP contribution in [-0.4, -0.2) is 32.4 Å². The molecule has 2 nitrogen and oxygen atoms in total. The third-order valence-electron chi connectivity index (χ3n) is 1.95. The van der Waals surface area contributed by atoms with Crippen molar-refractivity contribution in [1.29, 1.82) is 0 Å². The molecule has 0 amide bonds. The van der Waals surface area contributed by atoms with Gasteiger partial charge in [-0.2, -0.15) is 0 Å². The van der Waals surface area contributed by atoms with Crippen molar-refractivity contribution in [2.24, 2.45) is 5.92 Å². The van der Waals surface area contributed by atoms with Crippen LogP contribution in [0, 0.1) is 5.92 Å². The fourth-order valence-corrected chi connectivity index (χ4v) is 1.27. The summed E-state index contributed by atoms with van der Waals surface area (Å²) in [5.41, 5.74) is 0. The molecule has 0 radical (unpaired) electrons. The fraction of sp³-hybridized carbons (Fsp3) is 0.750. The smallest absolute Gasteiger partial charge is 0.118 e. The van der Waals surface area contributed by atoms with E-state index in [-0.39, 0.29) is 5.92 Å². The molecule has 2 N–H and O–H groups in total. The van der Waals surface area contributed by atoms with E-state index in [0.717, 1.165) is 19.6 Å². The first kappa shape index (κ1) is 8.68. The largest absolute Gasteiger partial charge is 0.313 e. The topological polar surface area (TPSA) is 24.1 Å². The Morgan fingerprint density at radius 1 is 1.64 bits per heavy atom. The molecule has 1 fully saturated rings. The summed E-state index contributed by atoms with van der Waals surface area (Å²) in [6.07, 6.45) is 1.11. The first-order chi connectivity index (χ1) is 5.34. The van der Waals surface area contributed by atoms with Crippen molar-refractivity contribution in [3.05, 3.63) is 12.7 Å². The predicted molar refractivity (Wildman–Crippen MR) is 44.3 cm³/mol. The highest BCUT2D eigenvalue weighted by molar-refractivity contribution is 4.83. The molecule has 1 aliphatic rings. The molecule has 0 saturated carbocycles. The molecular weight excluding hydrogens is 143 g/mol. The van der Waals surface area contributed by atoms with Crippen molar-refractivity contribution in [3.63, 3.8) is 0 Å². The molecule has 1 saturated heterocycles. The van der Waals surface area contributed by atoms with E-state index in [2.05, 4.69) is 17.2 Å². The summed E-state index contributed by atoms with van der Waals surface area (Å²) in [7, 11) is 0. The molecule has 3 heteroatoms. The number of rotatable bonds is 4. The van der Waals surface area contributed by atoms with Crippen LogP contribution in [0.4, 0.5) is 4.39 Å². The van der Waals surface area contributed by atoms with Gasteiger partial charge in [0.05, 0.1) is 0 Å². The molecule has 11 heavy (non-hydrogen) atoms. The lowest BCUT2D eigenvalue weighted by molar-refractivity contribution is 0.278. The van der Waals surface area contributed by atoms with Gasteiger partial charge < -0.3 is 10.6 Å². The average Bonchev–Trinajstić information content (AvgIpc) is 2.37. The third-order valence-corrected chi connectivity index (χ3v) is 1.95. The molecule has 0 bridgehead atoms. The molecule has 0 aromatic rings. The molecule has 1 heterocycles. The summed E-state index contributed by atoms with van der Waals surface area (Å²) < 4.78 is 12.9. The van der Waals surface area contributed by atoms with Crippen molar-refractivity contribution in [2.45, 2.75) is 6.17 Å². The number of hydrogen-bond donors (Lipinski definition) is 2. The Morgan fingerprint density at radius 3 is 3.00 bits per heavy atom. The van der Waals surface area contributed by atoms with Crippen LogP contribution in [0.1, 0.15) is 0 Å². The quantitative estimate of drug-likeness (QED) is 0.455. The minimum atomic E-state index is -0.674. The first-order valence-electron chi connectivity index (χ1n) is 4.01. The Balaban J connectivity index is 2.10. The summed E-state index contributed by atoms with van der Waals surface area (Å²) in [4.78, 5) is 0. The summed E-state index contributed by atoms with van der Waals surface area (Å²) in [6.45, 7) is 6.40. The van der Waals surface area contributed by atoms with Crippen molar-refractivity contribution in [1.82, 2.24) is 10.6 Å². The van der Waals surface area contributed by atoms with E-state index in [1.54, 1.807) is 6.08 Å². The van der Waals surface area contributed by atoms with Crippen LogP contribution in [0.3, 0.4) is 0 Å². The zero-order valence-corrected chi connectivity index (χ0v) is 6.65. The van der Waals surface area contributed by atoms with Crippen LogP contribution >= 0.6 is 0 Å². The number of halogens is 1. The second kappa shape index (κ2) is 4.46. The molecule has 64 valence electrons. The van der Waals surface area contributed by atoms with Gasteiger partial charge in [-0.1, -0.05) is 6.08 Å². The van der Waals surface area contributed by atoms with Crippen LogP contribution in [0.15, 0.2) is 12.7 Å². The minimum absolute atomic E-state index is 0.148. The predicted octanol–water partition coefficient (Wildman–Crippen LogP) is 0.319. The second-order valence-electron chi connectivity index (χ2n) is 2.88. The Labute approximate surface area is 66.9 Å². The molecule has 0 spiro atoms. The fourth-order valence-electron chi connectivity index (χ4n) is 1.27. The lowest BCUT2D eigenvalue weighted by Gasteiger charge is -2.10. The average molecular weight is 158 g/mol. The van der Waals surface area contributed by atoms with Gasteiger partial charge in [0.25, 0.3) is 0 Å². The van der Waals surface area contributed by atoms with E-state index >= 15 is 0 Å². The van der Waals surface area contributed by atoms with Crippen molar-refractivity contribution >= 4 is 0 Å². The van der Waals surface area contributed by atoms with E-state index in [9.17, 15) is 4.39 Å². The van der Waals surface area contributed by atoms with Gasteiger partial charge in [-0.3, -0.25) is 0 Å². The molecule has 0 aromatic heterocycles. The van der Waals surface area contributed by atoms with Crippen molar-refractivity contribution in [2.75, 3.05) is 26.2 Å². The SMILES string of the molecule is C=CCNC[C@H]1CNC[C@@H]1F. The number of alkyl halides is 1. The van der Waals surface area contributed by atoms with E-state index in [1.807, 2.05) is 0 Å². The highest BCUT2D eigenvalue weighted by Gasteiger charge is 2.25. The van der Waals surface area contributed by atoms with Gasteiger partial charge in [0, 0.05) is 32.1 Å². The Morgan fingerprint density at radius 2 is 2.45 bits per heavy atom. The maximum atomic E-state index is 12.9. The van der Waals surface area contributed by atoms with Gasteiger partial charge in [0.1, 0.15) is 6.17 Å². The van der Waals surface area contributed by atoms with Crippen molar-refractivity contribution < 1.29 is 4.39 Å². The monoisotopic (exact) mass is 158 g/mol. The lowest BCUT2D eigenvalue weighted by Crippen LogP contribution is -2.28. The Hall–Kier alpha value is -0.410. The highest BCUT2D eigenvalue weighted by Crippen LogP contribution is 2.10. The van der Waals surface area contributed by atoms with Crippen LogP contribution in [-0.2, 0) is 0 Å². The van der Waals surface area contributed by atoms with E-state index in [4.69, 9.17) is 0 Å².